The first-order valence-corrected chi connectivity index (χ1v) is 9.23. The molecule has 0 spiro atoms. The second kappa shape index (κ2) is 10.1. The number of aryl methyl sites for hydroxylation is 1. The summed E-state index contributed by atoms with van der Waals surface area (Å²) in [5.74, 6) is 3.21. The van der Waals surface area contributed by atoms with E-state index in [0.717, 1.165) is 29.2 Å². The maximum Gasteiger partial charge on any atom is 0.230 e. The van der Waals surface area contributed by atoms with Crippen molar-refractivity contribution in [2.24, 2.45) is 0 Å². The maximum absolute atomic E-state index is 11.7. The summed E-state index contributed by atoms with van der Waals surface area (Å²) in [4.78, 5) is 16.3. The first kappa shape index (κ1) is 19.3. The minimum absolute atomic E-state index is 0.0256. The van der Waals surface area contributed by atoms with Gasteiger partial charge in [-0.3, -0.25) is 4.79 Å². The second-order valence-electron chi connectivity index (χ2n) is 5.44. The largest absolute Gasteiger partial charge is 0.497 e. The molecule has 0 saturated carbocycles. The van der Waals surface area contributed by atoms with Gasteiger partial charge in [-0.1, -0.05) is 0 Å². The van der Waals surface area contributed by atoms with Gasteiger partial charge in [-0.05, 0) is 37.6 Å². The van der Waals surface area contributed by atoms with Gasteiger partial charge in [0, 0.05) is 31.6 Å². The van der Waals surface area contributed by atoms with Crippen LogP contribution >= 0.6 is 11.8 Å². The molecule has 0 unspecified atom stereocenters. The van der Waals surface area contributed by atoms with Gasteiger partial charge in [0.1, 0.15) is 11.5 Å². The molecule has 1 amide bonds. The Hall–Kier alpha value is -1.99. The van der Waals surface area contributed by atoms with Crippen molar-refractivity contribution in [2.75, 3.05) is 33.1 Å². The number of hydrogen-bond donors (Lipinski definition) is 1. The summed E-state index contributed by atoms with van der Waals surface area (Å²) in [5.41, 5.74) is 1.76. The van der Waals surface area contributed by atoms with Crippen molar-refractivity contribution in [3.05, 3.63) is 35.7 Å². The third kappa shape index (κ3) is 6.10. The molecule has 0 saturated heterocycles. The minimum atomic E-state index is 0.0256. The molecular formula is C18H24N2O4S. The van der Waals surface area contributed by atoms with Gasteiger partial charge in [-0.25, -0.2) is 4.98 Å². The van der Waals surface area contributed by atoms with E-state index in [1.807, 2.05) is 31.2 Å². The predicted octanol–water partition coefficient (Wildman–Crippen LogP) is 3.04. The summed E-state index contributed by atoms with van der Waals surface area (Å²) >= 11 is 1.52. The summed E-state index contributed by atoms with van der Waals surface area (Å²) in [5, 5.41) is 2.86. The molecule has 2 rings (SSSR count). The van der Waals surface area contributed by atoms with E-state index in [1.165, 1.54) is 11.8 Å². The molecule has 2 aromatic rings. The number of benzene rings is 1. The number of nitrogens with zero attached hydrogens (tertiary/aromatic N) is 1. The number of oxazole rings is 1. The molecule has 0 fully saturated rings. The lowest BCUT2D eigenvalue weighted by molar-refractivity contribution is -0.118. The Morgan fingerprint density at radius 2 is 2.04 bits per heavy atom. The lowest BCUT2D eigenvalue weighted by Gasteiger charge is -2.04. The molecule has 7 heteroatoms. The van der Waals surface area contributed by atoms with Gasteiger partial charge in [0.15, 0.2) is 0 Å². The number of carbonyl (C=O) groups excluding carboxylic acids is 1. The van der Waals surface area contributed by atoms with E-state index in [-0.39, 0.29) is 5.91 Å². The van der Waals surface area contributed by atoms with Crippen molar-refractivity contribution in [1.29, 1.82) is 0 Å². The molecule has 136 valence electrons. The van der Waals surface area contributed by atoms with Crippen LogP contribution in [0.25, 0.3) is 11.5 Å². The Morgan fingerprint density at radius 3 is 2.72 bits per heavy atom. The topological polar surface area (TPSA) is 73.6 Å². The molecule has 1 heterocycles. The zero-order chi connectivity index (χ0) is 18.1. The molecule has 1 aromatic carbocycles. The number of amides is 1. The van der Waals surface area contributed by atoms with Crippen LogP contribution in [0.2, 0.25) is 0 Å². The standard InChI is InChI=1S/C18H24N2O4S/c1-13-16(11-25-12-17(21)19-9-4-10-22-2)20-18(24-13)14-5-7-15(23-3)8-6-14/h5-8H,4,9-12H2,1-3H3,(H,19,21). The van der Waals surface area contributed by atoms with Crippen LogP contribution in [0.3, 0.4) is 0 Å². The quantitative estimate of drug-likeness (QED) is 0.653. The highest BCUT2D eigenvalue weighted by atomic mass is 32.2. The Bertz CT molecular complexity index is 670. The lowest BCUT2D eigenvalue weighted by atomic mass is 10.2. The van der Waals surface area contributed by atoms with E-state index in [2.05, 4.69) is 10.3 Å². The SMILES string of the molecule is COCCCNC(=O)CSCc1nc(-c2ccc(OC)cc2)oc1C. The fourth-order valence-corrected chi connectivity index (χ4v) is 3.01. The molecule has 0 bridgehead atoms. The van der Waals surface area contributed by atoms with Crippen LogP contribution in [0, 0.1) is 6.92 Å². The molecule has 0 radical (unpaired) electrons. The van der Waals surface area contributed by atoms with Crippen molar-refractivity contribution in [2.45, 2.75) is 19.1 Å². The number of hydrogen-bond acceptors (Lipinski definition) is 6. The molecule has 25 heavy (non-hydrogen) atoms. The number of aromatic nitrogens is 1. The highest BCUT2D eigenvalue weighted by molar-refractivity contribution is 7.99. The molecule has 1 N–H and O–H groups in total. The van der Waals surface area contributed by atoms with E-state index < -0.39 is 0 Å². The van der Waals surface area contributed by atoms with E-state index in [4.69, 9.17) is 13.9 Å². The fraction of sp³-hybridized carbons (Fsp3) is 0.444. The van der Waals surface area contributed by atoms with E-state index in [1.54, 1.807) is 14.2 Å². The fourth-order valence-electron chi connectivity index (χ4n) is 2.15. The Labute approximate surface area is 152 Å². The van der Waals surface area contributed by atoms with Gasteiger partial charge < -0.3 is 19.2 Å². The van der Waals surface area contributed by atoms with Gasteiger partial charge in [0.2, 0.25) is 11.8 Å². The summed E-state index contributed by atoms with van der Waals surface area (Å²) in [7, 11) is 3.28. The zero-order valence-electron chi connectivity index (χ0n) is 14.8. The molecular weight excluding hydrogens is 340 g/mol. The summed E-state index contributed by atoms with van der Waals surface area (Å²) in [6, 6.07) is 7.57. The molecule has 0 aliphatic carbocycles. The number of carbonyl (C=O) groups is 1. The van der Waals surface area contributed by atoms with Crippen molar-refractivity contribution in [3.8, 4) is 17.2 Å². The van der Waals surface area contributed by atoms with Crippen LogP contribution in [0.5, 0.6) is 5.75 Å². The minimum Gasteiger partial charge on any atom is -0.497 e. The highest BCUT2D eigenvalue weighted by Crippen LogP contribution is 2.25. The Morgan fingerprint density at radius 1 is 1.28 bits per heavy atom. The van der Waals surface area contributed by atoms with E-state index in [0.29, 0.717) is 30.5 Å². The summed E-state index contributed by atoms with van der Waals surface area (Å²) in [6.45, 7) is 3.18. The van der Waals surface area contributed by atoms with Gasteiger partial charge >= 0.3 is 0 Å². The molecule has 0 atom stereocenters. The van der Waals surface area contributed by atoms with Crippen molar-refractivity contribution < 1.29 is 18.7 Å². The van der Waals surface area contributed by atoms with Crippen molar-refractivity contribution >= 4 is 17.7 Å². The highest BCUT2D eigenvalue weighted by Gasteiger charge is 2.12. The Balaban J connectivity index is 1.82. The predicted molar refractivity (Wildman–Crippen MR) is 98.9 cm³/mol. The van der Waals surface area contributed by atoms with Crippen LogP contribution in [-0.2, 0) is 15.3 Å². The molecule has 1 aromatic heterocycles. The van der Waals surface area contributed by atoms with Crippen LogP contribution in [0.4, 0.5) is 0 Å². The normalized spacial score (nSPS) is 10.7. The average Bonchev–Trinajstić information content (AvgIpc) is 3.00. The van der Waals surface area contributed by atoms with Crippen LogP contribution < -0.4 is 10.1 Å². The lowest BCUT2D eigenvalue weighted by Crippen LogP contribution is -2.26. The van der Waals surface area contributed by atoms with Crippen molar-refractivity contribution in [1.82, 2.24) is 10.3 Å². The second-order valence-corrected chi connectivity index (χ2v) is 6.43. The van der Waals surface area contributed by atoms with Gasteiger partial charge in [-0.15, -0.1) is 11.8 Å². The summed E-state index contributed by atoms with van der Waals surface area (Å²) < 4.78 is 15.8. The first-order chi connectivity index (χ1) is 12.1. The molecule has 0 aliphatic rings. The van der Waals surface area contributed by atoms with Gasteiger partial charge in [-0.2, -0.15) is 0 Å². The Kier molecular flexibility index (Phi) is 7.81. The third-order valence-corrected chi connectivity index (χ3v) is 4.49. The van der Waals surface area contributed by atoms with Crippen LogP contribution in [0.1, 0.15) is 17.9 Å². The van der Waals surface area contributed by atoms with Crippen LogP contribution in [-0.4, -0.2) is 44.0 Å². The molecule has 0 aliphatic heterocycles. The number of ether oxygens (including phenoxy) is 2. The average molecular weight is 364 g/mol. The number of rotatable bonds is 10. The summed E-state index contributed by atoms with van der Waals surface area (Å²) in [6.07, 6.45) is 0.820. The number of nitrogens with one attached hydrogen (secondary N) is 1. The van der Waals surface area contributed by atoms with E-state index >= 15 is 0 Å². The zero-order valence-corrected chi connectivity index (χ0v) is 15.6. The van der Waals surface area contributed by atoms with E-state index in [9.17, 15) is 4.79 Å². The van der Waals surface area contributed by atoms with Crippen molar-refractivity contribution in [3.63, 3.8) is 0 Å². The smallest absolute Gasteiger partial charge is 0.230 e. The maximum atomic E-state index is 11.7. The van der Waals surface area contributed by atoms with Crippen LogP contribution in [0.15, 0.2) is 28.7 Å². The van der Waals surface area contributed by atoms with Gasteiger partial charge in [0.25, 0.3) is 0 Å². The van der Waals surface area contributed by atoms with Gasteiger partial charge in [0.05, 0.1) is 18.6 Å². The monoisotopic (exact) mass is 364 g/mol. The molecule has 6 nitrogen and oxygen atoms in total. The third-order valence-electron chi connectivity index (χ3n) is 3.55. The number of thioether (sulfide) groups is 1. The first-order valence-electron chi connectivity index (χ1n) is 8.08. The number of methoxy groups -OCH3 is 2.